The second-order valence-corrected chi connectivity index (χ2v) is 4.35. The van der Waals surface area contributed by atoms with Crippen LogP contribution in [0.15, 0.2) is 0 Å². The molecule has 0 aliphatic carbocycles. The molecule has 84 valence electrons. The molecule has 0 bridgehead atoms. The molecule has 14 heavy (non-hydrogen) atoms. The van der Waals surface area contributed by atoms with Crippen LogP contribution in [0.25, 0.3) is 0 Å². The summed E-state index contributed by atoms with van der Waals surface area (Å²) in [4.78, 5) is 13.1. The molecule has 0 rings (SSSR count). The molecule has 0 radical (unpaired) electrons. The summed E-state index contributed by atoms with van der Waals surface area (Å²) >= 11 is 1.67. The molecule has 4 nitrogen and oxygen atoms in total. The van der Waals surface area contributed by atoms with E-state index >= 15 is 0 Å². The molecule has 0 aliphatic rings. The van der Waals surface area contributed by atoms with E-state index < -0.39 is 6.04 Å². The third kappa shape index (κ3) is 4.30. The van der Waals surface area contributed by atoms with Gasteiger partial charge in [-0.25, -0.2) is 0 Å². The van der Waals surface area contributed by atoms with Gasteiger partial charge < -0.3 is 15.7 Å². The Morgan fingerprint density at radius 3 is 2.64 bits per heavy atom. The van der Waals surface area contributed by atoms with Gasteiger partial charge in [0.1, 0.15) is 0 Å². The average molecular weight is 220 g/mol. The number of aliphatic hydroxyl groups excluding tert-OH is 1. The summed E-state index contributed by atoms with van der Waals surface area (Å²) in [6.07, 6.45) is 2.67. The summed E-state index contributed by atoms with van der Waals surface area (Å²) in [6, 6.07) is -0.607. The quantitative estimate of drug-likeness (QED) is 0.656. The van der Waals surface area contributed by atoms with E-state index in [-0.39, 0.29) is 18.6 Å². The van der Waals surface area contributed by atoms with E-state index in [2.05, 4.69) is 0 Å². The van der Waals surface area contributed by atoms with Crippen LogP contribution in [0.2, 0.25) is 0 Å². The van der Waals surface area contributed by atoms with Crippen molar-refractivity contribution in [3.05, 3.63) is 0 Å². The first-order chi connectivity index (χ1) is 6.54. The zero-order chi connectivity index (χ0) is 11.1. The number of carbonyl (C=O) groups excluding carboxylic acids is 1. The Balaban J connectivity index is 4.03. The highest BCUT2D eigenvalue weighted by Gasteiger charge is 2.20. The maximum atomic E-state index is 11.6. The van der Waals surface area contributed by atoms with E-state index in [0.29, 0.717) is 6.42 Å². The predicted octanol–water partition coefficient (Wildman–Crippen LogP) is -0.0940. The Bertz CT molecular complexity index is 178. The van der Waals surface area contributed by atoms with Crippen LogP contribution in [0, 0.1) is 0 Å². The fourth-order valence-electron chi connectivity index (χ4n) is 0.970. The molecule has 1 amide bonds. The Hall–Kier alpha value is -0.260. The average Bonchev–Trinajstić information content (AvgIpc) is 2.22. The summed E-state index contributed by atoms with van der Waals surface area (Å²) in [5.74, 6) is 0.787. The minimum atomic E-state index is -0.443. The molecule has 0 heterocycles. The van der Waals surface area contributed by atoms with Gasteiger partial charge >= 0.3 is 0 Å². The Morgan fingerprint density at radius 1 is 1.64 bits per heavy atom. The van der Waals surface area contributed by atoms with Crippen molar-refractivity contribution in [3.63, 3.8) is 0 Å². The van der Waals surface area contributed by atoms with Crippen LogP contribution >= 0.6 is 11.8 Å². The van der Waals surface area contributed by atoms with Crippen LogP contribution in [-0.2, 0) is 4.79 Å². The molecule has 0 aliphatic heterocycles. The van der Waals surface area contributed by atoms with Gasteiger partial charge in [0.25, 0.3) is 0 Å². The first-order valence-electron chi connectivity index (χ1n) is 4.66. The number of carbonyl (C=O) groups is 1. The molecule has 1 unspecified atom stereocenters. The van der Waals surface area contributed by atoms with E-state index in [1.54, 1.807) is 25.7 Å². The number of rotatable bonds is 6. The number of thioether (sulfide) groups is 1. The zero-order valence-electron chi connectivity index (χ0n) is 9.06. The van der Waals surface area contributed by atoms with Gasteiger partial charge in [-0.3, -0.25) is 4.79 Å². The number of nitrogens with zero attached hydrogens (tertiary/aromatic N) is 1. The largest absolute Gasteiger partial charge is 0.394 e. The van der Waals surface area contributed by atoms with Gasteiger partial charge in [-0.2, -0.15) is 11.8 Å². The van der Waals surface area contributed by atoms with Crippen LogP contribution in [0.4, 0.5) is 0 Å². The molecule has 0 aromatic heterocycles. The van der Waals surface area contributed by atoms with Gasteiger partial charge in [-0.15, -0.1) is 0 Å². The van der Waals surface area contributed by atoms with Gasteiger partial charge in [-0.1, -0.05) is 0 Å². The monoisotopic (exact) mass is 220 g/mol. The van der Waals surface area contributed by atoms with Crippen molar-refractivity contribution in [2.45, 2.75) is 25.4 Å². The van der Waals surface area contributed by atoms with Crippen molar-refractivity contribution in [2.24, 2.45) is 5.73 Å². The standard InChI is InChI=1S/C9H20N2O2S/c1-7(6-12)11(2)9(13)8(10)4-5-14-3/h7-8,12H,4-6,10H2,1-3H3/t7?,8-/m0/s1. The van der Waals surface area contributed by atoms with Crippen LogP contribution in [-0.4, -0.2) is 53.7 Å². The lowest BCUT2D eigenvalue weighted by molar-refractivity contribution is -0.133. The maximum Gasteiger partial charge on any atom is 0.239 e. The molecular weight excluding hydrogens is 200 g/mol. The number of amides is 1. The lowest BCUT2D eigenvalue weighted by Crippen LogP contribution is -2.46. The van der Waals surface area contributed by atoms with E-state index in [1.165, 1.54) is 4.90 Å². The normalized spacial score (nSPS) is 14.9. The van der Waals surface area contributed by atoms with Crippen LogP contribution in [0.5, 0.6) is 0 Å². The van der Waals surface area contributed by atoms with Crippen molar-refractivity contribution in [1.82, 2.24) is 4.90 Å². The maximum absolute atomic E-state index is 11.6. The summed E-state index contributed by atoms with van der Waals surface area (Å²) in [5, 5.41) is 8.87. The third-order valence-electron chi connectivity index (χ3n) is 2.22. The molecule has 0 aromatic rings. The topological polar surface area (TPSA) is 66.6 Å². The second kappa shape index (κ2) is 7.09. The van der Waals surface area contributed by atoms with Crippen molar-refractivity contribution in [3.8, 4) is 0 Å². The molecule has 0 spiro atoms. The molecule has 0 saturated heterocycles. The Morgan fingerprint density at radius 2 is 2.21 bits per heavy atom. The molecule has 3 N–H and O–H groups in total. The van der Waals surface area contributed by atoms with Gasteiger partial charge in [0.15, 0.2) is 0 Å². The van der Waals surface area contributed by atoms with E-state index in [9.17, 15) is 4.79 Å². The lowest BCUT2D eigenvalue weighted by atomic mass is 10.2. The minimum absolute atomic E-state index is 0.0303. The number of nitrogens with two attached hydrogens (primary N) is 1. The minimum Gasteiger partial charge on any atom is -0.394 e. The zero-order valence-corrected chi connectivity index (χ0v) is 9.88. The van der Waals surface area contributed by atoms with Crippen LogP contribution in [0.1, 0.15) is 13.3 Å². The van der Waals surface area contributed by atoms with Crippen LogP contribution < -0.4 is 5.73 Å². The highest BCUT2D eigenvalue weighted by atomic mass is 32.2. The summed E-state index contributed by atoms with van der Waals surface area (Å²) < 4.78 is 0. The fourth-order valence-corrected chi connectivity index (χ4v) is 1.46. The second-order valence-electron chi connectivity index (χ2n) is 3.37. The lowest BCUT2D eigenvalue weighted by Gasteiger charge is -2.26. The van der Waals surface area contributed by atoms with Gasteiger partial charge in [-0.05, 0) is 25.4 Å². The van der Waals surface area contributed by atoms with E-state index in [4.69, 9.17) is 10.8 Å². The van der Waals surface area contributed by atoms with Crippen molar-refractivity contribution in [2.75, 3.05) is 25.7 Å². The van der Waals surface area contributed by atoms with Gasteiger partial charge in [0, 0.05) is 7.05 Å². The molecule has 0 aromatic carbocycles. The molecule has 2 atom stereocenters. The van der Waals surface area contributed by atoms with Gasteiger partial charge in [0.05, 0.1) is 18.7 Å². The molecular formula is C9H20N2O2S. The molecule has 5 heteroatoms. The summed E-state index contributed by atoms with van der Waals surface area (Å²) in [6.45, 7) is 1.76. The summed E-state index contributed by atoms with van der Waals surface area (Å²) in [7, 11) is 1.67. The van der Waals surface area contributed by atoms with Crippen molar-refractivity contribution >= 4 is 17.7 Å². The predicted molar refractivity (Wildman–Crippen MR) is 60.3 cm³/mol. The number of hydrogen-bond acceptors (Lipinski definition) is 4. The molecule has 0 saturated carbocycles. The van der Waals surface area contributed by atoms with E-state index in [0.717, 1.165) is 5.75 Å². The van der Waals surface area contributed by atoms with Crippen molar-refractivity contribution in [1.29, 1.82) is 0 Å². The smallest absolute Gasteiger partial charge is 0.239 e. The third-order valence-corrected chi connectivity index (χ3v) is 2.87. The Kier molecular flexibility index (Phi) is 6.96. The highest BCUT2D eigenvalue weighted by Crippen LogP contribution is 2.03. The van der Waals surface area contributed by atoms with Crippen LogP contribution in [0.3, 0.4) is 0 Å². The SMILES string of the molecule is CSCC[C@H](N)C(=O)N(C)C(C)CO. The van der Waals surface area contributed by atoms with Gasteiger partial charge in [0.2, 0.25) is 5.91 Å². The van der Waals surface area contributed by atoms with E-state index in [1.807, 2.05) is 6.26 Å². The summed E-state index contributed by atoms with van der Waals surface area (Å²) in [5.41, 5.74) is 5.71. The first kappa shape index (κ1) is 13.7. The number of aliphatic hydroxyl groups is 1. The van der Waals surface area contributed by atoms with Crippen molar-refractivity contribution < 1.29 is 9.90 Å². The first-order valence-corrected chi connectivity index (χ1v) is 6.06. The fraction of sp³-hybridized carbons (Fsp3) is 0.889. The molecule has 0 fully saturated rings. The highest BCUT2D eigenvalue weighted by molar-refractivity contribution is 7.98. The number of likely N-dealkylation sites (N-methyl/N-ethyl adjacent to an activating group) is 1. The Labute approximate surface area is 89.8 Å². The number of hydrogen-bond donors (Lipinski definition) is 2.